The van der Waals surface area contributed by atoms with Crippen LogP contribution in [-0.2, 0) is 14.3 Å². The van der Waals surface area contributed by atoms with Crippen LogP contribution in [0.15, 0.2) is 35.9 Å². The predicted molar refractivity (Wildman–Crippen MR) is 63.3 cm³/mol. The van der Waals surface area contributed by atoms with Gasteiger partial charge in [-0.25, -0.2) is 4.79 Å². The Morgan fingerprint density at radius 2 is 1.82 bits per heavy atom. The van der Waals surface area contributed by atoms with Crippen LogP contribution in [0.2, 0.25) is 0 Å². The molecule has 0 saturated heterocycles. The van der Waals surface area contributed by atoms with Crippen molar-refractivity contribution < 1.29 is 19.4 Å². The zero-order valence-corrected chi connectivity index (χ0v) is 9.77. The molecule has 1 aromatic rings. The molecule has 0 unspecified atom stereocenters. The molecule has 0 radical (unpaired) electrons. The molecule has 0 saturated carbocycles. The maximum atomic E-state index is 11.5. The number of carboxylic acids is 1. The Labute approximate surface area is 99.5 Å². The minimum absolute atomic E-state index is 0.172. The minimum Gasteiger partial charge on any atom is -0.481 e. The van der Waals surface area contributed by atoms with Crippen molar-refractivity contribution in [2.45, 2.75) is 13.3 Å². The zero-order chi connectivity index (χ0) is 12.8. The predicted octanol–water partition coefficient (Wildman–Crippen LogP) is 2.11. The molecule has 1 rings (SSSR count). The first-order valence-corrected chi connectivity index (χ1v) is 5.11. The molecular weight excluding hydrogens is 220 g/mol. The minimum atomic E-state index is -1.05. The summed E-state index contributed by atoms with van der Waals surface area (Å²) in [6, 6.07) is 9.15. The number of allylic oxidation sites excluding steroid dienone is 1. The topological polar surface area (TPSA) is 63.6 Å². The Hall–Kier alpha value is -2.10. The number of carboxylic acid groups (broad SMARTS) is 1. The van der Waals surface area contributed by atoms with Gasteiger partial charge >= 0.3 is 11.9 Å². The molecule has 0 atom stereocenters. The SMILES string of the molecule is COC(=O)/C(CC(=O)O)=C(\C)c1ccccc1. The third-order valence-corrected chi connectivity index (χ3v) is 2.42. The molecule has 90 valence electrons. The van der Waals surface area contributed by atoms with Gasteiger partial charge in [0.1, 0.15) is 0 Å². The van der Waals surface area contributed by atoms with Crippen LogP contribution >= 0.6 is 0 Å². The van der Waals surface area contributed by atoms with Crippen LogP contribution in [0.5, 0.6) is 0 Å². The average Bonchev–Trinajstić information content (AvgIpc) is 2.35. The van der Waals surface area contributed by atoms with E-state index in [0.717, 1.165) is 5.56 Å². The molecule has 0 aliphatic rings. The Kier molecular flexibility index (Phi) is 4.46. The van der Waals surface area contributed by atoms with E-state index in [1.165, 1.54) is 7.11 Å². The molecule has 4 heteroatoms. The van der Waals surface area contributed by atoms with Gasteiger partial charge in [0.05, 0.1) is 19.1 Å². The van der Waals surface area contributed by atoms with Crippen molar-refractivity contribution in [3.63, 3.8) is 0 Å². The molecule has 0 spiro atoms. The second-order valence-corrected chi connectivity index (χ2v) is 3.53. The highest BCUT2D eigenvalue weighted by atomic mass is 16.5. The third kappa shape index (κ3) is 3.45. The van der Waals surface area contributed by atoms with Crippen LogP contribution in [0.25, 0.3) is 5.57 Å². The second kappa shape index (κ2) is 5.84. The van der Waals surface area contributed by atoms with Crippen molar-refractivity contribution in [2.24, 2.45) is 0 Å². The van der Waals surface area contributed by atoms with Gasteiger partial charge in [-0.15, -0.1) is 0 Å². The molecule has 1 N–H and O–H groups in total. The lowest BCUT2D eigenvalue weighted by atomic mass is 9.99. The summed E-state index contributed by atoms with van der Waals surface area (Å²) in [7, 11) is 1.24. The van der Waals surface area contributed by atoms with E-state index in [1.54, 1.807) is 6.92 Å². The van der Waals surface area contributed by atoms with Gasteiger partial charge in [0.2, 0.25) is 0 Å². The third-order valence-electron chi connectivity index (χ3n) is 2.42. The van der Waals surface area contributed by atoms with E-state index in [-0.39, 0.29) is 12.0 Å². The summed E-state index contributed by atoms with van der Waals surface area (Å²) in [5.41, 5.74) is 1.61. The molecule has 17 heavy (non-hydrogen) atoms. The second-order valence-electron chi connectivity index (χ2n) is 3.53. The van der Waals surface area contributed by atoms with Crippen molar-refractivity contribution in [1.29, 1.82) is 0 Å². The van der Waals surface area contributed by atoms with Gasteiger partial charge in [0.15, 0.2) is 0 Å². The molecule has 0 fully saturated rings. The molecule has 0 aliphatic heterocycles. The molecule has 0 bridgehead atoms. The van der Waals surface area contributed by atoms with Gasteiger partial charge in [-0.3, -0.25) is 4.79 Å². The summed E-state index contributed by atoms with van der Waals surface area (Å²) >= 11 is 0. The smallest absolute Gasteiger partial charge is 0.334 e. The Morgan fingerprint density at radius 3 is 2.29 bits per heavy atom. The van der Waals surface area contributed by atoms with Gasteiger partial charge in [-0.1, -0.05) is 30.3 Å². The molecule has 0 heterocycles. The molecule has 1 aromatic carbocycles. The van der Waals surface area contributed by atoms with Gasteiger partial charge in [0, 0.05) is 0 Å². The fourth-order valence-electron chi connectivity index (χ4n) is 1.49. The van der Waals surface area contributed by atoms with Crippen LogP contribution in [0.3, 0.4) is 0 Å². The number of carbonyl (C=O) groups is 2. The van der Waals surface area contributed by atoms with E-state index in [2.05, 4.69) is 4.74 Å². The highest BCUT2D eigenvalue weighted by Crippen LogP contribution is 2.21. The molecule has 0 aliphatic carbocycles. The van der Waals surface area contributed by atoms with E-state index in [1.807, 2.05) is 30.3 Å². The Bertz CT molecular complexity index is 446. The summed E-state index contributed by atoms with van der Waals surface area (Å²) < 4.78 is 4.60. The lowest BCUT2D eigenvalue weighted by Gasteiger charge is -2.08. The summed E-state index contributed by atoms with van der Waals surface area (Å²) in [5.74, 6) is -1.66. The quantitative estimate of drug-likeness (QED) is 0.640. The van der Waals surface area contributed by atoms with Crippen LogP contribution in [0, 0.1) is 0 Å². The van der Waals surface area contributed by atoms with Crippen molar-refractivity contribution >= 4 is 17.5 Å². The van der Waals surface area contributed by atoms with E-state index in [4.69, 9.17) is 5.11 Å². The monoisotopic (exact) mass is 234 g/mol. The number of methoxy groups -OCH3 is 1. The Balaban J connectivity index is 3.18. The molecule has 4 nitrogen and oxygen atoms in total. The summed E-state index contributed by atoms with van der Waals surface area (Å²) in [4.78, 5) is 22.2. The lowest BCUT2D eigenvalue weighted by molar-refractivity contribution is -0.141. The van der Waals surface area contributed by atoms with E-state index in [9.17, 15) is 9.59 Å². The maximum absolute atomic E-state index is 11.5. The van der Waals surface area contributed by atoms with Crippen LogP contribution < -0.4 is 0 Å². The highest BCUT2D eigenvalue weighted by molar-refractivity contribution is 6.00. The van der Waals surface area contributed by atoms with Crippen LogP contribution in [-0.4, -0.2) is 24.2 Å². The van der Waals surface area contributed by atoms with Crippen molar-refractivity contribution in [2.75, 3.05) is 7.11 Å². The lowest BCUT2D eigenvalue weighted by Crippen LogP contribution is -2.11. The first kappa shape index (κ1) is 13.0. The zero-order valence-electron chi connectivity index (χ0n) is 9.77. The Morgan fingerprint density at radius 1 is 1.24 bits per heavy atom. The van der Waals surface area contributed by atoms with Crippen LogP contribution in [0.4, 0.5) is 0 Å². The number of carbonyl (C=O) groups excluding carboxylic acids is 1. The first-order chi connectivity index (χ1) is 8.06. The standard InChI is InChI=1S/C13H14O4/c1-9(10-6-4-3-5-7-10)11(8-12(14)15)13(16)17-2/h3-7H,8H2,1-2H3,(H,14,15)/b11-9+. The van der Waals surface area contributed by atoms with Gasteiger partial charge in [-0.2, -0.15) is 0 Å². The van der Waals surface area contributed by atoms with Gasteiger partial charge in [0.25, 0.3) is 0 Å². The number of hydrogen-bond acceptors (Lipinski definition) is 3. The van der Waals surface area contributed by atoms with Crippen molar-refractivity contribution in [3.05, 3.63) is 41.5 Å². The number of aliphatic carboxylic acids is 1. The van der Waals surface area contributed by atoms with E-state index < -0.39 is 11.9 Å². The highest BCUT2D eigenvalue weighted by Gasteiger charge is 2.17. The normalized spacial score (nSPS) is 11.6. The van der Waals surface area contributed by atoms with Gasteiger partial charge in [-0.05, 0) is 18.1 Å². The summed E-state index contributed by atoms with van der Waals surface area (Å²) in [6.45, 7) is 1.71. The molecule has 0 amide bonds. The number of benzene rings is 1. The largest absolute Gasteiger partial charge is 0.481 e. The van der Waals surface area contributed by atoms with E-state index in [0.29, 0.717) is 5.57 Å². The molecular formula is C13H14O4. The van der Waals surface area contributed by atoms with Crippen molar-refractivity contribution in [1.82, 2.24) is 0 Å². The maximum Gasteiger partial charge on any atom is 0.334 e. The number of esters is 1. The number of hydrogen-bond donors (Lipinski definition) is 1. The van der Waals surface area contributed by atoms with E-state index >= 15 is 0 Å². The molecule has 0 aromatic heterocycles. The van der Waals surface area contributed by atoms with Crippen LogP contribution in [0.1, 0.15) is 18.9 Å². The fraction of sp³-hybridized carbons (Fsp3) is 0.231. The summed E-state index contributed by atoms with van der Waals surface area (Å²) in [6.07, 6.45) is -0.340. The fourth-order valence-corrected chi connectivity index (χ4v) is 1.49. The van der Waals surface area contributed by atoms with Gasteiger partial charge < -0.3 is 9.84 Å². The summed E-state index contributed by atoms with van der Waals surface area (Å²) in [5, 5.41) is 8.78. The van der Waals surface area contributed by atoms with Crippen molar-refractivity contribution in [3.8, 4) is 0 Å². The number of rotatable bonds is 4. The average molecular weight is 234 g/mol. The first-order valence-electron chi connectivity index (χ1n) is 5.11. The number of ether oxygens (including phenoxy) is 1.